The maximum Gasteiger partial charge on any atom is 0.246 e. The van der Waals surface area contributed by atoms with E-state index in [1.807, 2.05) is 12.1 Å². The van der Waals surface area contributed by atoms with Gasteiger partial charge in [0.25, 0.3) is 0 Å². The molecule has 7 nitrogen and oxygen atoms in total. The van der Waals surface area contributed by atoms with Crippen LogP contribution in [0.5, 0.6) is 11.5 Å². The number of rotatable bonds is 8. The zero-order valence-corrected chi connectivity index (χ0v) is 16.8. The number of aromatic nitrogens is 1. The lowest BCUT2D eigenvalue weighted by molar-refractivity contribution is -0.128. The van der Waals surface area contributed by atoms with Gasteiger partial charge < -0.3 is 20.1 Å². The Labute approximate surface area is 170 Å². The highest BCUT2D eigenvalue weighted by molar-refractivity contribution is 5.97. The van der Waals surface area contributed by atoms with E-state index in [0.717, 1.165) is 31.2 Å². The van der Waals surface area contributed by atoms with E-state index in [9.17, 15) is 9.59 Å². The summed E-state index contributed by atoms with van der Waals surface area (Å²) >= 11 is 0. The Morgan fingerprint density at radius 1 is 1.14 bits per heavy atom. The summed E-state index contributed by atoms with van der Waals surface area (Å²) in [4.78, 5) is 28.7. The average molecular weight is 397 g/mol. The summed E-state index contributed by atoms with van der Waals surface area (Å²) in [5.41, 5.74) is 1.54. The molecule has 1 aromatic heterocycles. The van der Waals surface area contributed by atoms with Crippen molar-refractivity contribution in [2.24, 2.45) is 5.92 Å². The average Bonchev–Trinajstić information content (AvgIpc) is 3.28. The van der Waals surface area contributed by atoms with Crippen LogP contribution in [0.2, 0.25) is 0 Å². The molecule has 0 aliphatic heterocycles. The van der Waals surface area contributed by atoms with E-state index in [-0.39, 0.29) is 17.7 Å². The lowest BCUT2D eigenvalue weighted by Crippen LogP contribution is -2.43. The van der Waals surface area contributed by atoms with Crippen LogP contribution in [0.1, 0.15) is 38.2 Å². The van der Waals surface area contributed by atoms with Crippen LogP contribution < -0.4 is 20.1 Å². The molecule has 1 aromatic carbocycles. The molecular weight excluding hydrogens is 370 g/mol. The van der Waals surface area contributed by atoms with E-state index in [1.165, 1.54) is 0 Å². The number of benzene rings is 1. The number of carbonyl (C=O) groups is 2. The number of hydrogen-bond acceptors (Lipinski definition) is 5. The Bertz CT molecular complexity index is 835. The fraction of sp³-hybridized carbons (Fsp3) is 0.409. The summed E-state index contributed by atoms with van der Waals surface area (Å²) in [6.07, 6.45) is 7.36. The molecule has 1 aliphatic carbocycles. The predicted molar refractivity (Wildman–Crippen MR) is 110 cm³/mol. The summed E-state index contributed by atoms with van der Waals surface area (Å²) in [5.74, 6) is 0.798. The second-order valence-corrected chi connectivity index (χ2v) is 7.21. The second-order valence-electron chi connectivity index (χ2n) is 7.21. The lowest BCUT2D eigenvalue weighted by atomic mass is 10.1. The molecule has 2 amide bonds. The fourth-order valence-corrected chi connectivity index (χ4v) is 3.34. The van der Waals surface area contributed by atoms with Crippen LogP contribution in [0.3, 0.4) is 0 Å². The molecule has 1 heterocycles. The van der Waals surface area contributed by atoms with Gasteiger partial charge in [-0.05, 0) is 49.6 Å². The van der Waals surface area contributed by atoms with Crippen LogP contribution in [-0.2, 0) is 16.2 Å². The molecule has 2 N–H and O–H groups in total. The van der Waals surface area contributed by atoms with E-state index >= 15 is 0 Å². The van der Waals surface area contributed by atoms with E-state index in [2.05, 4.69) is 15.6 Å². The van der Waals surface area contributed by atoms with Crippen molar-refractivity contribution in [3.63, 3.8) is 0 Å². The highest BCUT2D eigenvalue weighted by Gasteiger charge is 2.25. The minimum Gasteiger partial charge on any atom is -0.493 e. The number of anilines is 1. The van der Waals surface area contributed by atoms with Crippen molar-refractivity contribution in [3.8, 4) is 11.5 Å². The highest BCUT2D eigenvalue weighted by Crippen LogP contribution is 2.31. The lowest BCUT2D eigenvalue weighted by Gasteiger charge is -2.18. The number of methoxy groups -OCH3 is 1. The van der Waals surface area contributed by atoms with E-state index in [4.69, 9.17) is 9.47 Å². The van der Waals surface area contributed by atoms with Crippen LogP contribution in [0.25, 0.3) is 0 Å². The third kappa shape index (κ3) is 5.70. The van der Waals surface area contributed by atoms with Gasteiger partial charge in [0.05, 0.1) is 7.11 Å². The topological polar surface area (TPSA) is 89.6 Å². The normalized spacial score (nSPS) is 14.8. The molecule has 2 aromatic rings. The number of hydrogen-bond donors (Lipinski definition) is 2. The molecule has 0 spiro atoms. The summed E-state index contributed by atoms with van der Waals surface area (Å²) < 4.78 is 11.2. The Morgan fingerprint density at radius 2 is 1.86 bits per heavy atom. The van der Waals surface area contributed by atoms with Gasteiger partial charge in [-0.25, -0.2) is 0 Å². The second kappa shape index (κ2) is 9.91. The van der Waals surface area contributed by atoms with Gasteiger partial charge in [0.1, 0.15) is 12.6 Å². The third-order valence-corrected chi connectivity index (χ3v) is 5.05. The molecule has 0 unspecified atom stereocenters. The maximum atomic E-state index is 12.5. The number of carbonyl (C=O) groups excluding carboxylic acids is 2. The van der Waals surface area contributed by atoms with Gasteiger partial charge in [-0.1, -0.05) is 12.8 Å². The van der Waals surface area contributed by atoms with Crippen LogP contribution in [0, 0.1) is 5.92 Å². The largest absolute Gasteiger partial charge is 0.493 e. The minimum absolute atomic E-state index is 0.0272. The molecule has 3 rings (SSSR count). The van der Waals surface area contributed by atoms with Gasteiger partial charge in [0.2, 0.25) is 11.8 Å². The summed E-state index contributed by atoms with van der Waals surface area (Å²) in [7, 11) is 1.56. The van der Waals surface area contributed by atoms with E-state index < -0.39 is 6.04 Å². The van der Waals surface area contributed by atoms with Gasteiger partial charge in [-0.15, -0.1) is 0 Å². The molecule has 0 radical (unpaired) electrons. The maximum absolute atomic E-state index is 12.5. The standard InChI is InChI=1S/C22H27N3O4/c1-15(24-22(27)17-5-3-4-6-17)21(26)25-18-7-8-19(28-2)20(13-18)29-14-16-9-11-23-12-10-16/h7-13,15,17H,3-6,14H2,1-2H3,(H,24,27)(H,25,26)/t15-/m1/s1. The van der Waals surface area contributed by atoms with Gasteiger partial charge in [0, 0.05) is 30.1 Å². The Balaban J connectivity index is 1.60. The van der Waals surface area contributed by atoms with Crippen molar-refractivity contribution >= 4 is 17.5 Å². The van der Waals surface area contributed by atoms with Gasteiger partial charge in [0.15, 0.2) is 11.5 Å². The number of pyridine rings is 1. The van der Waals surface area contributed by atoms with Gasteiger partial charge >= 0.3 is 0 Å². The van der Waals surface area contributed by atoms with E-state index in [1.54, 1.807) is 44.6 Å². The third-order valence-electron chi connectivity index (χ3n) is 5.05. The molecule has 0 bridgehead atoms. The first-order chi connectivity index (χ1) is 14.1. The molecule has 154 valence electrons. The molecule has 29 heavy (non-hydrogen) atoms. The summed E-state index contributed by atoms with van der Waals surface area (Å²) in [5, 5.41) is 5.64. The first-order valence-electron chi connectivity index (χ1n) is 9.88. The molecule has 1 fully saturated rings. The predicted octanol–water partition coefficient (Wildman–Crippen LogP) is 3.30. The minimum atomic E-state index is -0.619. The Kier molecular flexibility index (Phi) is 7.05. The Hall–Kier alpha value is -3.09. The van der Waals surface area contributed by atoms with Crippen molar-refractivity contribution < 1.29 is 19.1 Å². The first-order valence-corrected chi connectivity index (χ1v) is 9.88. The SMILES string of the molecule is COc1ccc(NC(=O)[C@@H](C)NC(=O)C2CCCC2)cc1OCc1ccncc1. The summed E-state index contributed by atoms with van der Waals surface area (Å²) in [6, 6.07) is 8.30. The quantitative estimate of drug-likeness (QED) is 0.713. The zero-order chi connectivity index (χ0) is 20.6. The molecule has 1 saturated carbocycles. The Morgan fingerprint density at radius 3 is 2.55 bits per heavy atom. The van der Waals surface area contributed by atoms with Crippen LogP contribution in [0.4, 0.5) is 5.69 Å². The molecule has 7 heteroatoms. The van der Waals surface area contributed by atoms with E-state index in [0.29, 0.717) is 23.8 Å². The van der Waals surface area contributed by atoms with Crippen molar-refractivity contribution in [1.82, 2.24) is 10.3 Å². The zero-order valence-electron chi connectivity index (χ0n) is 16.8. The van der Waals surface area contributed by atoms with Gasteiger partial charge in [-0.2, -0.15) is 0 Å². The van der Waals surface area contributed by atoms with Crippen molar-refractivity contribution in [2.45, 2.75) is 45.3 Å². The molecule has 1 atom stereocenters. The first kappa shape index (κ1) is 20.6. The monoisotopic (exact) mass is 397 g/mol. The van der Waals surface area contributed by atoms with Crippen LogP contribution in [-0.4, -0.2) is 29.9 Å². The summed E-state index contributed by atoms with van der Waals surface area (Å²) in [6.45, 7) is 2.04. The number of nitrogens with zero attached hydrogens (tertiary/aromatic N) is 1. The number of ether oxygens (including phenoxy) is 2. The van der Waals surface area contributed by atoms with Crippen LogP contribution >= 0.6 is 0 Å². The van der Waals surface area contributed by atoms with Crippen molar-refractivity contribution in [2.75, 3.05) is 12.4 Å². The van der Waals surface area contributed by atoms with Crippen molar-refractivity contribution in [1.29, 1.82) is 0 Å². The van der Waals surface area contributed by atoms with Gasteiger partial charge in [-0.3, -0.25) is 14.6 Å². The number of amides is 2. The molecule has 1 aliphatic rings. The van der Waals surface area contributed by atoms with Crippen molar-refractivity contribution in [3.05, 3.63) is 48.3 Å². The number of nitrogens with one attached hydrogen (secondary N) is 2. The molecular formula is C22H27N3O4. The fourth-order valence-electron chi connectivity index (χ4n) is 3.34. The van der Waals surface area contributed by atoms with Crippen LogP contribution in [0.15, 0.2) is 42.7 Å². The highest BCUT2D eigenvalue weighted by atomic mass is 16.5. The molecule has 0 saturated heterocycles. The smallest absolute Gasteiger partial charge is 0.246 e.